The van der Waals surface area contributed by atoms with Crippen LogP contribution in [0.3, 0.4) is 0 Å². The highest BCUT2D eigenvalue weighted by Crippen LogP contribution is 2.29. The number of aromatic amines is 1. The van der Waals surface area contributed by atoms with Crippen molar-refractivity contribution in [2.24, 2.45) is 0 Å². The van der Waals surface area contributed by atoms with Crippen LogP contribution in [0.25, 0.3) is 34.0 Å². The first-order valence-electron chi connectivity index (χ1n) is 10.6. The molecule has 4 rings (SSSR count). The van der Waals surface area contributed by atoms with Crippen LogP contribution in [0.2, 0.25) is 5.02 Å². The van der Waals surface area contributed by atoms with E-state index in [2.05, 4.69) is 16.0 Å². The molecule has 0 aliphatic rings. The summed E-state index contributed by atoms with van der Waals surface area (Å²) in [4.78, 5) is 20.1. The minimum absolute atomic E-state index is 0.286. The van der Waals surface area contributed by atoms with Gasteiger partial charge < -0.3 is 14.1 Å². The number of carbonyl (C=O) groups excluding carboxylic acids is 1. The maximum Gasteiger partial charge on any atom is 0.339 e. The highest BCUT2D eigenvalue weighted by atomic mass is 35.5. The lowest BCUT2D eigenvalue weighted by Gasteiger charge is -2.07. The number of aromatic nitrogens is 2. The van der Waals surface area contributed by atoms with E-state index in [0.29, 0.717) is 40.1 Å². The van der Waals surface area contributed by atoms with Gasteiger partial charge in [-0.25, -0.2) is 9.78 Å². The molecule has 0 spiro atoms. The normalized spacial score (nSPS) is 11.5. The Morgan fingerprint density at radius 1 is 1.24 bits per heavy atom. The van der Waals surface area contributed by atoms with E-state index in [1.807, 2.05) is 32.0 Å². The topological polar surface area (TPSA) is 91.9 Å². The molecule has 4 aromatic rings. The number of nitriles is 1. The number of aryl methyl sites for hydroxylation is 1. The quantitative estimate of drug-likeness (QED) is 0.186. The molecule has 1 N–H and O–H groups in total. The van der Waals surface area contributed by atoms with Crippen LogP contribution in [0, 0.1) is 18.3 Å². The van der Waals surface area contributed by atoms with E-state index in [-0.39, 0.29) is 5.56 Å². The monoisotopic (exact) mass is 459 g/mol. The van der Waals surface area contributed by atoms with Gasteiger partial charge in [-0.2, -0.15) is 5.26 Å². The van der Waals surface area contributed by atoms with Gasteiger partial charge in [-0.15, -0.1) is 0 Å². The van der Waals surface area contributed by atoms with Crippen LogP contribution in [0.4, 0.5) is 0 Å². The molecule has 0 unspecified atom stereocenters. The number of fused-ring (bicyclic) bond motifs is 1. The van der Waals surface area contributed by atoms with Crippen LogP contribution >= 0.6 is 11.6 Å². The molecule has 0 saturated heterocycles. The Morgan fingerprint density at radius 3 is 2.88 bits per heavy atom. The third-order valence-electron chi connectivity index (χ3n) is 5.13. The molecule has 2 aromatic heterocycles. The minimum atomic E-state index is -0.464. The fraction of sp³-hybridized carbons (Fsp3) is 0.192. The van der Waals surface area contributed by atoms with E-state index in [4.69, 9.17) is 20.8 Å². The van der Waals surface area contributed by atoms with E-state index >= 15 is 0 Å². The summed E-state index contributed by atoms with van der Waals surface area (Å²) in [5.41, 5.74) is 4.07. The van der Waals surface area contributed by atoms with Gasteiger partial charge in [0.2, 0.25) is 0 Å². The van der Waals surface area contributed by atoms with Gasteiger partial charge >= 0.3 is 5.97 Å². The molecular formula is C26H22ClN3O3. The lowest BCUT2D eigenvalue weighted by atomic mass is 10.1. The Balaban J connectivity index is 1.60. The summed E-state index contributed by atoms with van der Waals surface area (Å²) in [5.74, 6) is 1.03. The number of hydrogen-bond acceptors (Lipinski definition) is 5. The van der Waals surface area contributed by atoms with Crippen molar-refractivity contribution in [3.05, 3.63) is 76.3 Å². The first-order chi connectivity index (χ1) is 16.0. The predicted molar refractivity (Wildman–Crippen MR) is 129 cm³/mol. The van der Waals surface area contributed by atoms with E-state index in [1.165, 1.54) is 0 Å². The molecule has 166 valence electrons. The average Bonchev–Trinajstić information content (AvgIpc) is 3.44. The molecule has 0 saturated carbocycles. The summed E-state index contributed by atoms with van der Waals surface area (Å²) in [5, 5.41) is 9.99. The number of rotatable bonds is 7. The lowest BCUT2D eigenvalue weighted by Crippen LogP contribution is -2.07. The van der Waals surface area contributed by atoms with E-state index < -0.39 is 5.97 Å². The van der Waals surface area contributed by atoms with E-state index in [1.54, 1.807) is 36.4 Å². The number of esters is 1. The van der Waals surface area contributed by atoms with Gasteiger partial charge in [-0.05, 0) is 61.4 Å². The molecule has 0 amide bonds. The number of imidazole rings is 1. The SMILES string of the molecule is CCCCOC(=O)c1cc(-c2ccc(/C=C(\C#N)c3nc4ccc(C)cc4[nH]3)o2)ccc1Cl. The second-order valence-electron chi connectivity index (χ2n) is 7.66. The number of hydrogen-bond donors (Lipinski definition) is 1. The van der Waals surface area contributed by atoms with Gasteiger partial charge in [0.15, 0.2) is 0 Å². The zero-order chi connectivity index (χ0) is 23.4. The summed E-state index contributed by atoms with van der Waals surface area (Å²) in [6, 6.07) is 16.6. The number of furan rings is 1. The van der Waals surface area contributed by atoms with Crippen LogP contribution in [0.5, 0.6) is 0 Å². The molecular weight excluding hydrogens is 438 g/mol. The maximum atomic E-state index is 12.4. The molecule has 0 aliphatic carbocycles. The van der Waals surface area contributed by atoms with Crippen molar-refractivity contribution in [3.8, 4) is 17.4 Å². The fourth-order valence-corrected chi connectivity index (χ4v) is 3.55. The summed E-state index contributed by atoms with van der Waals surface area (Å²) < 4.78 is 11.2. The van der Waals surface area contributed by atoms with Gasteiger partial charge in [0.25, 0.3) is 0 Å². The third kappa shape index (κ3) is 5.00. The van der Waals surface area contributed by atoms with Crippen molar-refractivity contribution in [1.82, 2.24) is 9.97 Å². The standard InChI is InChI=1S/C26H22ClN3O3/c1-3-4-11-32-26(31)20-14-17(6-8-21(20)27)24-10-7-19(33-24)13-18(15-28)25-29-22-9-5-16(2)12-23(22)30-25/h5-10,12-14H,3-4,11H2,1-2H3,(H,29,30)/b18-13+. The molecule has 0 aliphatic heterocycles. The first-order valence-corrected chi connectivity index (χ1v) is 11.0. The van der Waals surface area contributed by atoms with Crippen molar-refractivity contribution in [2.45, 2.75) is 26.7 Å². The predicted octanol–water partition coefficient (Wildman–Crippen LogP) is 6.81. The lowest BCUT2D eigenvalue weighted by molar-refractivity contribution is 0.0500. The number of ether oxygens (including phenoxy) is 1. The van der Waals surface area contributed by atoms with Gasteiger partial charge in [-0.3, -0.25) is 0 Å². The van der Waals surface area contributed by atoms with Crippen molar-refractivity contribution >= 4 is 40.3 Å². The molecule has 7 heteroatoms. The van der Waals surface area contributed by atoms with Crippen LogP contribution in [0.1, 0.15) is 47.3 Å². The number of carbonyl (C=O) groups is 1. The zero-order valence-corrected chi connectivity index (χ0v) is 19.1. The number of benzene rings is 2. The molecule has 0 bridgehead atoms. The summed E-state index contributed by atoms with van der Waals surface area (Å²) in [6.45, 7) is 4.37. The summed E-state index contributed by atoms with van der Waals surface area (Å²) in [6.07, 6.45) is 3.36. The zero-order valence-electron chi connectivity index (χ0n) is 18.3. The van der Waals surface area contributed by atoms with Gasteiger partial charge in [-0.1, -0.05) is 31.0 Å². The van der Waals surface area contributed by atoms with Gasteiger partial charge in [0.05, 0.1) is 33.8 Å². The van der Waals surface area contributed by atoms with Gasteiger partial charge in [0, 0.05) is 11.6 Å². The van der Waals surface area contributed by atoms with Crippen molar-refractivity contribution in [1.29, 1.82) is 5.26 Å². The Bertz CT molecular complexity index is 1390. The third-order valence-corrected chi connectivity index (χ3v) is 5.46. The van der Waals surface area contributed by atoms with Crippen molar-refractivity contribution < 1.29 is 13.9 Å². The van der Waals surface area contributed by atoms with Gasteiger partial charge in [0.1, 0.15) is 23.4 Å². The second-order valence-corrected chi connectivity index (χ2v) is 8.07. The van der Waals surface area contributed by atoms with Crippen LogP contribution in [-0.4, -0.2) is 22.5 Å². The van der Waals surface area contributed by atoms with Crippen LogP contribution in [0.15, 0.2) is 52.9 Å². The molecule has 0 fully saturated rings. The Kier molecular flexibility index (Phi) is 6.62. The molecule has 0 atom stereocenters. The van der Waals surface area contributed by atoms with Crippen molar-refractivity contribution in [3.63, 3.8) is 0 Å². The Labute approximate surface area is 196 Å². The number of nitrogens with zero attached hydrogens (tertiary/aromatic N) is 2. The second kappa shape index (κ2) is 9.76. The van der Waals surface area contributed by atoms with E-state index in [0.717, 1.165) is 29.4 Å². The highest BCUT2D eigenvalue weighted by Gasteiger charge is 2.15. The average molecular weight is 460 g/mol. The number of halogens is 1. The van der Waals surface area contributed by atoms with E-state index in [9.17, 15) is 10.1 Å². The summed E-state index contributed by atoms with van der Waals surface area (Å²) >= 11 is 6.21. The highest BCUT2D eigenvalue weighted by molar-refractivity contribution is 6.33. The fourth-order valence-electron chi connectivity index (χ4n) is 3.35. The maximum absolute atomic E-state index is 12.4. The summed E-state index contributed by atoms with van der Waals surface area (Å²) in [7, 11) is 0. The number of unbranched alkanes of at least 4 members (excludes halogenated alkanes) is 1. The molecule has 0 radical (unpaired) electrons. The minimum Gasteiger partial charge on any atom is -0.462 e. The molecule has 2 aromatic carbocycles. The molecule has 33 heavy (non-hydrogen) atoms. The van der Waals surface area contributed by atoms with Crippen molar-refractivity contribution in [2.75, 3.05) is 6.61 Å². The Hall–Kier alpha value is -3.82. The largest absolute Gasteiger partial charge is 0.462 e. The number of nitrogens with one attached hydrogen (secondary N) is 1. The van der Waals surface area contributed by atoms with Crippen LogP contribution < -0.4 is 0 Å². The van der Waals surface area contributed by atoms with Crippen LogP contribution in [-0.2, 0) is 4.74 Å². The number of allylic oxidation sites excluding steroid dienone is 1. The number of H-pyrrole nitrogens is 1. The smallest absolute Gasteiger partial charge is 0.339 e. The Morgan fingerprint density at radius 2 is 2.09 bits per heavy atom. The molecule has 6 nitrogen and oxygen atoms in total. The first kappa shape index (κ1) is 22.4. The molecule has 2 heterocycles.